The van der Waals surface area contributed by atoms with Gasteiger partial charge < -0.3 is 10.6 Å². The number of hydrogen-bond acceptors (Lipinski definition) is 2. The zero-order valence-electron chi connectivity index (χ0n) is 10.7. The van der Waals surface area contributed by atoms with E-state index in [2.05, 4.69) is 33.8 Å². The lowest BCUT2D eigenvalue weighted by Gasteiger charge is -2.34. The maximum atomic E-state index is 5.64. The van der Waals surface area contributed by atoms with E-state index in [0.29, 0.717) is 4.99 Å². The van der Waals surface area contributed by atoms with Crippen LogP contribution in [0.15, 0.2) is 22.7 Å². The van der Waals surface area contributed by atoms with E-state index in [9.17, 15) is 0 Å². The summed E-state index contributed by atoms with van der Waals surface area (Å²) in [5, 5.41) is 0. The van der Waals surface area contributed by atoms with Crippen LogP contribution in [0.25, 0.3) is 0 Å². The number of hydrogen-bond donors (Lipinski definition) is 1. The van der Waals surface area contributed by atoms with Crippen molar-refractivity contribution < 1.29 is 0 Å². The van der Waals surface area contributed by atoms with Gasteiger partial charge in [-0.25, -0.2) is 0 Å². The van der Waals surface area contributed by atoms with E-state index in [-0.39, 0.29) is 0 Å². The summed E-state index contributed by atoms with van der Waals surface area (Å²) < 4.78 is 1.09. The molecule has 4 heteroatoms. The highest BCUT2D eigenvalue weighted by Gasteiger charge is 2.19. The van der Waals surface area contributed by atoms with Gasteiger partial charge in [-0.15, -0.1) is 0 Å². The van der Waals surface area contributed by atoms with E-state index in [1.54, 1.807) is 0 Å². The fourth-order valence-electron chi connectivity index (χ4n) is 2.50. The Balaban J connectivity index is 2.12. The second kappa shape index (κ2) is 6.02. The Bertz CT molecular complexity index is 439. The number of anilines is 1. The molecule has 98 valence electrons. The largest absolute Gasteiger partial charge is 0.389 e. The smallest absolute Gasteiger partial charge is 0.104 e. The summed E-state index contributed by atoms with van der Waals surface area (Å²) in [4.78, 5) is 2.89. The third kappa shape index (κ3) is 3.04. The van der Waals surface area contributed by atoms with Crippen LogP contribution in [0, 0.1) is 5.92 Å². The predicted molar refractivity (Wildman–Crippen MR) is 85.3 cm³/mol. The second-order valence-corrected chi connectivity index (χ2v) is 6.16. The lowest BCUT2D eigenvalue weighted by molar-refractivity contribution is 0.395. The molecule has 0 bridgehead atoms. The summed E-state index contributed by atoms with van der Waals surface area (Å²) in [5.41, 5.74) is 7.82. The monoisotopic (exact) mass is 326 g/mol. The van der Waals surface area contributed by atoms with Gasteiger partial charge in [0.2, 0.25) is 0 Å². The van der Waals surface area contributed by atoms with Crippen molar-refractivity contribution in [3.63, 3.8) is 0 Å². The standard InChI is InChI=1S/C14H19BrN2S/c1-2-10-5-7-17(8-6-10)13-4-3-11(14(16)18)9-12(13)15/h3-4,9-10H,2,5-8H2,1H3,(H2,16,18). The van der Waals surface area contributed by atoms with Gasteiger partial charge in [-0.3, -0.25) is 0 Å². The second-order valence-electron chi connectivity index (χ2n) is 4.87. The normalized spacial score (nSPS) is 16.9. The van der Waals surface area contributed by atoms with Crippen molar-refractivity contribution in [3.05, 3.63) is 28.2 Å². The third-order valence-corrected chi connectivity index (χ3v) is 4.64. The minimum atomic E-state index is 0.451. The summed E-state index contributed by atoms with van der Waals surface area (Å²) in [6.07, 6.45) is 3.88. The molecule has 0 amide bonds. The van der Waals surface area contributed by atoms with Crippen LogP contribution in [0.5, 0.6) is 0 Å². The lowest BCUT2D eigenvalue weighted by Crippen LogP contribution is -2.33. The van der Waals surface area contributed by atoms with Crippen molar-refractivity contribution in [2.75, 3.05) is 18.0 Å². The van der Waals surface area contributed by atoms with Crippen molar-refractivity contribution in [1.29, 1.82) is 0 Å². The first-order chi connectivity index (χ1) is 8.61. The van der Waals surface area contributed by atoms with Gasteiger partial charge in [-0.2, -0.15) is 0 Å². The molecule has 18 heavy (non-hydrogen) atoms. The van der Waals surface area contributed by atoms with Crippen LogP contribution in [0.3, 0.4) is 0 Å². The number of benzene rings is 1. The molecule has 0 unspecified atom stereocenters. The highest BCUT2D eigenvalue weighted by molar-refractivity contribution is 9.10. The number of nitrogens with zero attached hydrogens (tertiary/aromatic N) is 1. The molecule has 2 rings (SSSR count). The Labute approximate surface area is 123 Å². The van der Waals surface area contributed by atoms with E-state index in [1.807, 2.05) is 12.1 Å². The summed E-state index contributed by atoms with van der Waals surface area (Å²) in [5.74, 6) is 0.899. The topological polar surface area (TPSA) is 29.3 Å². The van der Waals surface area contributed by atoms with Gasteiger partial charge in [0.1, 0.15) is 4.99 Å². The molecule has 0 spiro atoms. The lowest BCUT2D eigenvalue weighted by atomic mass is 9.94. The molecule has 0 aliphatic carbocycles. The van der Waals surface area contributed by atoms with E-state index in [0.717, 1.165) is 29.0 Å². The Morgan fingerprint density at radius 2 is 2.11 bits per heavy atom. The molecular formula is C14H19BrN2S. The number of nitrogens with two attached hydrogens (primary N) is 1. The van der Waals surface area contributed by atoms with Crippen LogP contribution in [-0.4, -0.2) is 18.1 Å². The molecular weight excluding hydrogens is 308 g/mol. The quantitative estimate of drug-likeness (QED) is 0.858. The summed E-state index contributed by atoms with van der Waals surface area (Å²) >= 11 is 8.62. The molecule has 1 heterocycles. The predicted octanol–water partition coefficient (Wildman–Crippen LogP) is 3.71. The Morgan fingerprint density at radius 3 is 2.61 bits per heavy atom. The fraction of sp³-hybridized carbons (Fsp3) is 0.500. The van der Waals surface area contributed by atoms with Gasteiger partial charge in [0.25, 0.3) is 0 Å². The molecule has 0 saturated carbocycles. The van der Waals surface area contributed by atoms with Crippen LogP contribution in [0.4, 0.5) is 5.69 Å². The summed E-state index contributed by atoms with van der Waals surface area (Å²) in [6, 6.07) is 6.14. The molecule has 0 aromatic heterocycles. The average molecular weight is 327 g/mol. The van der Waals surface area contributed by atoms with E-state index >= 15 is 0 Å². The Hall–Kier alpha value is -0.610. The first-order valence-electron chi connectivity index (χ1n) is 6.46. The average Bonchev–Trinajstić information content (AvgIpc) is 2.38. The first-order valence-corrected chi connectivity index (χ1v) is 7.66. The number of piperidine rings is 1. The summed E-state index contributed by atoms with van der Waals surface area (Å²) in [7, 11) is 0. The van der Waals surface area contributed by atoms with Crippen LogP contribution >= 0.6 is 28.1 Å². The molecule has 1 fully saturated rings. The Kier molecular flexibility index (Phi) is 4.62. The van der Waals surface area contributed by atoms with Gasteiger partial charge in [-0.1, -0.05) is 25.6 Å². The first kappa shape index (κ1) is 13.8. The maximum Gasteiger partial charge on any atom is 0.104 e. The molecule has 1 aromatic carbocycles. The van der Waals surface area contributed by atoms with E-state index in [1.165, 1.54) is 24.9 Å². The van der Waals surface area contributed by atoms with E-state index in [4.69, 9.17) is 18.0 Å². The van der Waals surface area contributed by atoms with Crippen LogP contribution < -0.4 is 10.6 Å². The van der Waals surface area contributed by atoms with Crippen molar-refractivity contribution in [2.45, 2.75) is 26.2 Å². The fourth-order valence-corrected chi connectivity index (χ4v) is 3.26. The SMILES string of the molecule is CCC1CCN(c2ccc(C(N)=S)cc2Br)CC1. The zero-order valence-corrected chi connectivity index (χ0v) is 13.1. The van der Waals surface area contributed by atoms with Crippen LogP contribution in [0.2, 0.25) is 0 Å². The van der Waals surface area contributed by atoms with Gasteiger partial charge in [-0.05, 0) is 52.9 Å². The van der Waals surface area contributed by atoms with E-state index < -0.39 is 0 Å². The number of rotatable bonds is 3. The van der Waals surface area contributed by atoms with Crippen LogP contribution in [-0.2, 0) is 0 Å². The zero-order chi connectivity index (χ0) is 13.1. The molecule has 0 atom stereocenters. The molecule has 1 aromatic rings. The molecule has 1 saturated heterocycles. The van der Waals surface area contributed by atoms with Crippen molar-refractivity contribution >= 4 is 38.8 Å². The minimum Gasteiger partial charge on any atom is -0.389 e. The van der Waals surface area contributed by atoms with Crippen molar-refractivity contribution in [3.8, 4) is 0 Å². The van der Waals surface area contributed by atoms with Crippen LogP contribution in [0.1, 0.15) is 31.7 Å². The highest BCUT2D eigenvalue weighted by Crippen LogP contribution is 2.31. The van der Waals surface area contributed by atoms with Gasteiger partial charge in [0.15, 0.2) is 0 Å². The van der Waals surface area contributed by atoms with Gasteiger partial charge in [0.05, 0.1) is 5.69 Å². The van der Waals surface area contributed by atoms with Crippen molar-refractivity contribution in [1.82, 2.24) is 0 Å². The molecule has 0 radical (unpaired) electrons. The van der Waals surface area contributed by atoms with Gasteiger partial charge >= 0.3 is 0 Å². The Morgan fingerprint density at radius 1 is 1.44 bits per heavy atom. The minimum absolute atomic E-state index is 0.451. The molecule has 1 aliphatic rings. The molecule has 2 nitrogen and oxygen atoms in total. The summed E-state index contributed by atoms with van der Waals surface area (Å²) in [6.45, 7) is 4.57. The molecule has 2 N–H and O–H groups in total. The van der Waals surface area contributed by atoms with Gasteiger partial charge in [0, 0.05) is 23.1 Å². The molecule has 1 aliphatic heterocycles. The number of thiocarbonyl (C=S) groups is 1. The number of halogens is 1. The maximum absolute atomic E-state index is 5.64. The third-order valence-electron chi connectivity index (χ3n) is 3.76. The highest BCUT2D eigenvalue weighted by atomic mass is 79.9. The van der Waals surface area contributed by atoms with Crippen molar-refractivity contribution in [2.24, 2.45) is 11.7 Å².